The largest absolute Gasteiger partial charge is 0.359 e. The highest BCUT2D eigenvalue weighted by Crippen LogP contribution is 2.32. The topological polar surface area (TPSA) is 48.6 Å². The Morgan fingerprint density at radius 3 is 2.38 bits per heavy atom. The molecule has 2 aromatic heterocycles. The number of aromatic amines is 2. The fourth-order valence-electron chi connectivity index (χ4n) is 3.03. The molecular weight excluding hydrogens is 320 g/mol. The first-order valence-corrected chi connectivity index (χ1v) is 8.12. The van der Waals surface area contributed by atoms with Crippen molar-refractivity contribution in [3.05, 3.63) is 93.4 Å². The minimum Gasteiger partial charge on any atom is -0.359 e. The molecular formula is C20H15ClN2O. The van der Waals surface area contributed by atoms with Gasteiger partial charge in [-0.25, -0.2) is 0 Å². The van der Waals surface area contributed by atoms with Crippen molar-refractivity contribution < 1.29 is 0 Å². The molecule has 0 amide bonds. The standard InChI is InChI=1S/C20H15ClN2O/c21-15-8-6-14(7-9-15)18-16(12-13-4-2-1-3-5-13)23-19-17(24)10-11-22-20(18)19/h1-11,23H,12H2,(H,22,24). The lowest BCUT2D eigenvalue weighted by atomic mass is 10.0. The first-order chi connectivity index (χ1) is 11.7. The van der Waals surface area contributed by atoms with Crippen LogP contribution in [-0.4, -0.2) is 9.97 Å². The average Bonchev–Trinajstić information content (AvgIpc) is 2.96. The maximum absolute atomic E-state index is 12.2. The molecule has 0 atom stereocenters. The second-order valence-corrected chi connectivity index (χ2v) is 6.18. The molecule has 0 spiro atoms. The Bertz CT molecular complexity index is 1050. The molecule has 3 nitrogen and oxygen atoms in total. The van der Waals surface area contributed by atoms with Gasteiger partial charge in [0.05, 0.1) is 5.52 Å². The lowest BCUT2D eigenvalue weighted by molar-refractivity contribution is 1.12. The van der Waals surface area contributed by atoms with E-state index in [2.05, 4.69) is 22.1 Å². The number of hydrogen-bond donors (Lipinski definition) is 2. The second-order valence-electron chi connectivity index (χ2n) is 5.74. The van der Waals surface area contributed by atoms with Crippen molar-refractivity contribution in [1.82, 2.24) is 9.97 Å². The van der Waals surface area contributed by atoms with Gasteiger partial charge < -0.3 is 9.97 Å². The zero-order chi connectivity index (χ0) is 16.5. The van der Waals surface area contributed by atoms with Crippen LogP contribution in [0.1, 0.15) is 11.3 Å². The predicted octanol–water partition coefficient (Wildman–Crippen LogP) is 4.77. The molecule has 0 bridgehead atoms. The number of aromatic nitrogens is 2. The third kappa shape index (κ3) is 2.63. The summed E-state index contributed by atoms with van der Waals surface area (Å²) in [7, 11) is 0. The van der Waals surface area contributed by atoms with E-state index in [4.69, 9.17) is 11.6 Å². The quantitative estimate of drug-likeness (QED) is 0.557. The van der Waals surface area contributed by atoms with Gasteiger partial charge in [-0.1, -0.05) is 54.1 Å². The van der Waals surface area contributed by atoms with Crippen molar-refractivity contribution in [2.24, 2.45) is 0 Å². The summed E-state index contributed by atoms with van der Waals surface area (Å²) in [5.74, 6) is 0. The second kappa shape index (κ2) is 6.02. The van der Waals surface area contributed by atoms with Crippen molar-refractivity contribution in [2.45, 2.75) is 6.42 Å². The third-order valence-electron chi connectivity index (χ3n) is 4.14. The minimum absolute atomic E-state index is 0.0155. The molecule has 0 saturated carbocycles. The van der Waals surface area contributed by atoms with Crippen molar-refractivity contribution in [3.63, 3.8) is 0 Å². The Hall–Kier alpha value is -2.78. The van der Waals surface area contributed by atoms with Crippen molar-refractivity contribution in [3.8, 4) is 11.1 Å². The van der Waals surface area contributed by atoms with Crippen LogP contribution in [0.25, 0.3) is 22.2 Å². The van der Waals surface area contributed by atoms with Gasteiger partial charge in [0.1, 0.15) is 5.52 Å². The molecule has 0 aliphatic heterocycles. The number of H-pyrrole nitrogens is 2. The highest BCUT2D eigenvalue weighted by atomic mass is 35.5. The summed E-state index contributed by atoms with van der Waals surface area (Å²) in [5.41, 5.74) is 5.66. The van der Waals surface area contributed by atoms with Gasteiger partial charge in [0.15, 0.2) is 0 Å². The van der Waals surface area contributed by atoms with E-state index in [-0.39, 0.29) is 5.43 Å². The molecule has 0 saturated heterocycles. The zero-order valence-electron chi connectivity index (χ0n) is 12.8. The van der Waals surface area contributed by atoms with Gasteiger partial charge in [-0.05, 0) is 23.3 Å². The first-order valence-electron chi connectivity index (χ1n) is 7.74. The molecule has 2 aromatic carbocycles. The highest BCUT2D eigenvalue weighted by molar-refractivity contribution is 6.30. The van der Waals surface area contributed by atoms with Crippen molar-refractivity contribution in [2.75, 3.05) is 0 Å². The number of nitrogens with one attached hydrogen (secondary N) is 2. The molecule has 2 N–H and O–H groups in total. The maximum atomic E-state index is 12.2. The highest BCUT2D eigenvalue weighted by Gasteiger charge is 2.16. The molecule has 0 aliphatic carbocycles. The van der Waals surface area contributed by atoms with Crippen LogP contribution in [0.5, 0.6) is 0 Å². The van der Waals surface area contributed by atoms with Crippen molar-refractivity contribution >= 4 is 22.6 Å². The summed E-state index contributed by atoms with van der Waals surface area (Å²) in [6, 6.07) is 19.4. The maximum Gasteiger partial charge on any atom is 0.205 e. The monoisotopic (exact) mass is 334 g/mol. The number of benzene rings is 2. The number of fused-ring (bicyclic) bond motifs is 1. The summed E-state index contributed by atoms with van der Waals surface area (Å²) in [5, 5.41) is 0.691. The van der Waals surface area contributed by atoms with Crippen LogP contribution in [0.4, 0.5) is 0 Å². The van der Waals surface area contributed by atoms with E-state index in [0.29, 0.717) is 10.5 Å². The van der Waals surface area contributed by atoms with Gasteiger partial charge in [0.2, 0.25) is 5.43 Å². The molecule has 118 valence electrons. The molecule has 0 radical (unpaired) electrons. The van der Waals surface area contributed by atoms with Gasteiger partial charge >= 0.3 is 0 Å². The number of halogens is 1. The van der Waals surface area contributed by atoms with E-state index in [9.17, 15) is 4.79 Å². The van der Waals surface area contributed by atoms with Crippen LogP contribution in [0, 0.1) is 0 Å². The summed E-state index contributed by atoms with van der Waals surface area (Å²) >= 11 is 6.02. The first kappa shape index (κ1) is 14.8. The molecule has 2 heterocycles. The Kier molecular flexibility index (Phi) is 3.71. The minimum atomic E-state index is -0.0155. The predicted molar refractivity (Wildman–Crippen MR) is 98.6 cm³/mol. The normalized spacial score (nSPS) is 11.0. The van der Waals surface area contributed by atoms with Gasteiger partial charge in [-0.3, -0.25) is 4.79 Å². The Balaban J connectivity index is 1.95. The third-order valence-corrected chi connectivity index (χ3v) is 4.40. The number of pyridine rings is 1. The molecule has 4 heteroatoms. The molecule has 24 heavy (non-hydrogen) atoms. The zero-order valence-corrected chi connectivity index (χ0v) is 13.6. The van der Waals surface area contributed by atoms with Crippen LogP contribution < -0.4 is 5.43 Å². The smallest absolute Gasteiger partial charge is 0.205 e. The van der Waals surface area contributed by atoms with Gasteiger partial charge in [-0.2, -0.15) is 0 Å². The average molecular weight is 335 g/mol. The van der Waals surface area contributed by atoms with Gasteiger partial charge in [0.25, 0.3) is 0 Å². The van der Waals surface area contributed by atoms with Crippen molar-refractivity contribution in [1.29, 1.82) is 0 Å². The van der Waals surface area contributed by atoms with E-state index in [1.807, 2.05) is 42.5 Å². The Labute approximate surface area is 143 Å². The van der Waals surface area contributed by atoms with Crippen LogP contribution in [-0.2, 0) is 6.42 Å². The lowest BCUT2D eigenvalue weighted by Crippen LogP contribution is -1.99. The van der Waals surface area contributed by atoms with E-state index in [1.165, 1.54) is 11.6 Å². The summed E-state index contributed by atoms with van der Waals surface area (Å²) < 4.78 is 0. The Morgan fingerprint density at radius 2 is 1.62 bits per heavy atom. The number of rotatable bonds is 3. The lowest BCUT2D eigenvalue weighted by Gasteiger charge is -2.06. The van der Waals surface area contributed by atoms with Gasteiger partial charge in [0, 0.05) is 35.0 Å². The van der Waals surface area contributed by atoms with E-state index in [0.717, 1.165) is 28.8 Å². The van der Waals surface area contributed by atoms with Crippen LogP contribution in [0.2, 0.25) is 5.02 Å². The van der Waals surface area contributed by atoms with Gasteiger partial charge in [-0.15, -0.1) is 0 Å². The molecule has 0 aliphatic rings. The SMILES string of the molecule is O=c1cc[nH]c2c(-c3ccc(Cl)cc3)c(Cc3ccccc3)[nH]c12. The molecule has 0 fully saturated rings. The number of hydrogen-bond acceptors (Lipinski definition) is 1. The summed E-state index contributed by atoms with van der Waals surface area (Å²) in [6.07, 6.45) is 2.41. The van der Waals surface area contributed by atoms with Crippen LogP contribution in [0.15, 0.2) is 71.7 Å². The molecule has 4 rings (SSSR count). The van der Waals surface area contributed by atoms with Crippen LogP contribution >= 0.6 is 11.6 Å². The van der Waals surface area contributed by atoms with E-state index < -0.39 is 0 Å². The summed E-state index contributed by atoms with van der Waals surface area (Å²) in [6.45, 7) is 0. The van der Waals surface area contributed by atoms with Crippen LogP contribution in [0.3, 0.4) is 0 Å². The molecule has 4 aromatic rings. The fourth-order valence-corrected chi connectivity index (χ4v) is 3.16. The fraction of sp³-hybridized carbons (Fsp3) is 0.0500. The van der Waals surface area contributed by atoms with E-state index in [1.54, 1.807) is 6.20 Å². The summed E-state index contributed by atoms with van der Waals surface area (Å²) in [4.78, 5) is 18.7. The molecule has 0 unspecified atom stereocenters. The van der Waals surface area contributed by atoms with E-state index >= 15 is 0 Å². The Morgan fingerprint density at radius 1 is 0.875 bits per heavy atom.